The van der Waals surface area contributed by atoms with Crippen LogP contribution in [0.15, 0.2) is 6.07 Å². The molecule has 2 heterocycles. The van der Waals surface area contributed by atoms with Crippen LogP contribution in [-0.2, 0) is 0 Å². The lowest BCUT2D eigenvalue weighted by Gasteiger charge is -1.99. The number of primary amides is 1. The molecule has 2 aromatic heterocycles. The molecule has 0 radical (unpaired) electrons. The van der Waals surface area contributed by atoms with Crippen molar-refractivity contribution in [1.29, 1.82) is 0 Å². The molecule has 0 aromatic carbocycles. The second-order valence-electron chi connectivity index (χ2n) is 2.97. The number of thiophene rings is 1. The Hall–Kier alpha value is -1.69. The van der Waals surface area contributed by atoms with Crippen molar-refractivity contribution < 1.29 is 9.53 Å². The largest absolute Gasteiger partial charge is 0.480 e. The number of carbonyl (C=O) groups is 1. The number of aryl methyl sites for hydroxylation is 1. The van der Waals surface area contributed by atoms with Gasteiger partial charge in [-0.1, -0.05) is 0 Å². The molecule has 2 aromatic rings. The molecular formula is C9H9N3O2S. The van der Waals surface area contributed by atoms with E-state index in [9.17, 15) is 4.79 Å². The van der Waals surface area contributed by atoms with Crippen LogP contribution in [0.25, 0.3) is 10.2 Å². The molecule has 0 atom stereocenters. The number of ether oxygens (including phenoxy) is 1. The van der Waals surface area contributed by atoms with Gasteiger partial charge in [-0.2, -0.15) is 4.98 Å². The van der Waals surface area contributed by atoms with Crippen LogP contribution in [-0.4, -0.2) is 23.0 Å². The summed E-state index contributed by atoms with van der Waals surface area (Å²) in [7, 11) is 1.53. The molecule has 0 unspecified atom stereocenters. The standard InChI is InChI=1S/C9H9N3O2S/c1-4-11-5-3-6(8(10)13)15-7(5)9(12-4)14-2/h3H,1-2H3,(H2,10,13). The first kappa shape index (κ1) is 9.85. The van der Waals surface area contributed by atoms with Gasteiger partial charge >= 0.3 is 0 Å². The summed E-state index contributed by atoms with van der Waals surface area (Å²) in [5.74, 6) is 0.626. The lowest BCUT2D eigenvalue weighted by atomic mass is 10.4. The fraction of sp³-hybridized carbons (Fsp3) is 0.222. The SMILES string of the molecule is COc1nc(C)nc2cc(C(N)=O)sc12. The van der Waals surface area contributed by atoms with Crippen LogP contribution >= 0.6 is 11.3 Å². The topological polar surface area (TPSA) is 78.1 Å². The Morgan fingerprint density at radius 3 is 2.87 bits per heavy atom. The first-order valence-corrected chi connectivity index (χ1v) is 5.05. The van der Waals surface area contributed by atoms with Crippen LogP contribution in [0, 0.1) is 6.92 Å². The zero-order chi connectivity index (χ0) is 11.0. The van der Waals surface area contributed by atoms with Gasteiger partial charge in [-0.05, 0) is 13.0 Å². The summed E-state index contributed by atoms with van der Waals surface area (Å²) in [6, 6.07) is 1.65. The normalized spacial score (nSPS) is 10.5. The number of aromatic nitrogens is 2. The summed E-state index contributed by atoms with van der Waals surface area (Å²) in [4.78, 5) is 19.8. The van der Waals surface area contributed by atoms with E-state index in [0.29, 0.717) is 22.1 Å². The summed E-state index contributed by atoms with van der Waals surface area (Å²) in [6.07, 6.45) is 0. The maximum atomic E-state index is 11.0. The first-order valence-electron chi connectivity index (χ1n) is 4.24. The third-order valence-electron chi connectivity index (χ3n) is 1.89. The van der Waals surface area contributed by atoms with Gasteiger partial charge in [0.15, 0.2) is 0 Å². The van der Waals surface area contributed by atoms with Gasteiger partial charge in [0.05, 0.1) is 17.5 Å². The van der Waals surface area contributed by atoms with Crippen molar-refractivity contribution in [2.24, 2.45) is 5.73 Å². The molecule has 5 nitrogen and oxygen atoms in total. The van der Waals surface area contributed by atoms with E-state index in [1.165, 1.54) is 18.4 Å². The van der Waals surface area contributed by atoms with Crippen LogP contribution < -0.4 is 10.5 Å². The van der Waals surface area contributed by atoms with Crippen molar-refractivity contribution in [3.05, 3.63) is 16.8 Å². The van der Waals surface area contributed by atoms with E-state index >= 15 is 0 Å². The summed E-state index contributed by atoms with van der Waals surface area (Å²) < 4.78 is 5.86. The average Bonchev–Trinajstić information content (AvgIpc) is 2.59. The summed E-state index contributed by atoms with van der Waals surface area (Å²) in [6.45, 7) is 1.77. The number of methoxy groups -OCH3 is 1. The Labute approximate surface area is 89.9 Å². The number of carbonyl (C=O) groups excluding carboxylic acids is 1. The Morgan fingerprint density at radius 2 is 2.27 bits per heavy atom. The van der Waals surface area contributed by atoms with E-state index in [2.05, 4.69) is 9.97 Å². The van der Waals surface area contributed by atoms with Gasteiger partial charge in [0.2, 0.25) is 5.88 Å². The number of nitrogens with zero attached hydrogens (tertiary/aromatic N) is 2. The highest BCUT2D eigenvalue weighted by atomic mass is 32.1. The van der Waals surface area contributed by atoms with E-state index < -0.39 is 5.91 Å². The number of amides is 1. The molecule has 0 spiro atoms. The Balaban J connectivity index is 2.74. The van der Waals surface area contributed by atoms with Crippen molar-refractivity contribution in [1.82, 2.24) is 9.97 Å². The molecule has 1 amide bonds. The lowest BCUT2D eigenvalue weighted by Crippen LogP contribution is -2.08. The number of hydrogen-bond donors (Lipinski definition) is 1. The maximum Gasteiger partial charge on any atom is 0.258 e. The third-order valence-corrected chi connectivity index (χ3v) is 3.02. The fourth-order valence-electron chi connectivity index (χ4n) is 1.27. The molecule has 0 aliphatic carbocycles. The molecule has 78 valence electrons. The predicted molar refractivity (Wildman–Crippen MR) is 57.2 cm³/mol. The van der Waals surface area contributed by atoms with Crippen LogP contribution in [0.3, 0.4) is 0 Å². The molecule has 0 aliphatic heterocycles. The van der Waals surface area contributed by atoms with E-state index in [1.54, 1.807) is 13.0 Å². The molecule has 15 heavy (non-hydrogen) atoms. The highest BCUT2D eigenvalue weighted by Crippen LogP contribution is 2.30. The predicted octanol–water partition coefficient (Wildman–Crippen LogP) is 1.11. The quantitative estimate of drug-likeness (QED) is 0.827. The van der Waals surface area contributed by atoms with E-state index in [4.69, 9.17) is 10.5 Å². The fourth-order valence-corrected chi connectivity index (χ4v) is 2.19. The van der Waals surface area contributed by atoms with E-state index in [1.807, 2.05) is 0 Å². The highest BCUT2D eigenvalue weighted by Gasteiger charge is 2.13. The second kappa shape index (κ2) is 3.47. The summed E-state index contributed by atoms with van der Waals surface area (Å²) in [5.41, 5.74) is 5.88. The molecule has 6 heteroatoms. The molecule has 0 bridgehead atoms. The molecule has 0 fully saturated rings. The Morgan fingerprint density at radius 1 is 1.53 bits per heavy atom. The number of fused-ring (bicyclic) bond motifs is 1. The third kappa shape index (κ3) is 1.63. The van der Waals surface area contributed by atoms with Crippen molar-refractivity contribution in [2.75, 3.05) is 7.11 Å². The highest BCUT2D eigenvalue weighted by molar-refractivity contribution is 7.21. The lowest BCUT2D eigenvalue weighted by molar-refractivity contribution is 0.100. The van der Waals surface area contributed by atoms with Gasteiger partial charge in [0.1, 0.15) is 10.5 Å². The molecular weight excluding hydrogens is 214 g/mol. The maximum absolute atomic E-state index is 11.0. The van der Waals surface area contributed by atoms with Gasteiger partial charge in [0, 0.05) is 0 Å². The van der Waals surface area contributed by atoms with Crippen LogP contribution in [0.5, 0.6) is 5.88 Å². The van der Waals surface area contributed by atoms with Crippen molar-refractivity contribution in [3.8, 4) is 5.88 Å². The van der Waals surface area contributed by atoms with Crippen molar-refractivity contribution >= 4 is 27.5 Å². The van der Waals surface area contributed by atoms with Gasteiger partial charge in [-0.3, -0.25) is 4.79 Å². The minimum Gasteiger partial charge on any atom is -0.480 e. The zero-order valence-electron chi connectivity index (χ0n) is 8.27. The van der Waals surface area contributed by atoms with E-state index in [-0.39, 0.29) is 0 Å². The average molecular weight is 223 g/mol. The zero-order valence-corrected chi connectivity index (χ0v) is 9.09. The van der Waals surface area contributed by atoms with Crippen LogP contribution in [0.2, 0.25) is 0 Å². The van der Waals surface area contributed by atoms with Crippen molar-refractivity contribution in [3.63, 3.8) is 0 Å². The van der Waals surface area contributed by atoms with E-state index in [0.717, 1.165) is 4.70 Å². The minimum atomic E-state index is -0.460. The molecule has 2 rings (SSSR count). The minimum absolute atomic E-state index is 0.460. The summed E-state index contributed by atoms with van der Waals surface area (Å²) >= 11 is 1.24. The molecule has 2 N–H and O–H groups in total. The molecule has 0 saturated carbocycles. The smallest absolute Gasteiger partial charge is 0.258 e. The van der Waals surface area contributed by atoms with Crippen LogP contribution in [0.4, 0.5) is 0 Å². The van der Waals surface area contributed by atoms with Gasteiger partial charge < -0.3 is 10.5 Å². The number of hydrogen-bond acceptors (Lipinski definition) is 5. The second-order valence-corrected chi connectivity index (χ2v) is 4.02. The molecule has 0 saturated heterocycles. The van der Waals surface area contributed by atoms with Gasteiger partial charge in [0.25, 0.3) is 5.91 Å². The monoisotopic (exact) mass is 223 g/mol. The Bertz CT molecular complexity index is 535. The number of nitrogens with two attached hydrogens (primary N) is 1. The number of rotatable bonds is 2. The van der Waals surface area contributed by atoms with Gasteiger partial charge in [-0.25, -0.2) is 4.98 Å². The molecule has 0 aliphatic rings. The van der Waals surface area contributed by atoms with Gasteiger partial charge in [-0.15, -0.1) is 11.3 Å². The Kier molecular flexibility index (Phi) is 2.28. The van der Waals surface area contributed by atoms with Crippen molar-refractivity contribution in [2.45, 2.75) is 6.92 Å². The van der Waals surface area contributed by atoms with Crippen LogP contribution in [0.1, 0.15) is 15.5 Å². The first-order chi connectivity index (χ1) is 7.11. The summed E-state index contributed by atoms with van der Waals surface area (Å²) in [5, 5.41) is 0.